The highest BCUT2D eigenvalue weighted by molar-refractivity contribution is 9.10. The largest absolute Gasteiger partial charge is 0.483 e. The van der Waals surface area contributed by atoms with Crippen molar-refractivity contribution in [3.8, 4) is 5.75 Å². The first-order valence-electron chi connectivity index (χ1n) is 9.04. The van der Waals surface area contributed by atoms with Gasteiger partial charge in [0, 0.05) is 31.9 Å². The maximum atomic E-state index is 13.1. The molecule has 1 fully saturated rings. The van der Waals surface area contributed by atoms with Crippen molar-refractivity contribution in [2.75, 3.05) is 44.6 Å². The van der Waals surface area contributed by atoms with Gasteiger partial charge in [0.05, 0.1) is 11.0 Å². The molecule has 2 aromatic rings. The molecule has 29 heavy (non-hydrogen) atoms. The van der Waals surface area contributed by atoms with Crippen LogP contribution in [0, 0.1) is 11.6 Å². The van der Waals surface area contributed by atoms with Crippen LogP contribution in [-0.4, -0.2) is 60.9 Å². The second-order valence-corrected chi connectivity index (χ2v) is 7.43. The lowest BCUT2D eigenvalue weighted by atomic mass is 10.3. The first-order valence-corrected chi connectivity index (χ1v) is 9.83. The summed E-state index contributed by atoms with van der Waals surface area (Å²) in [6.07, 6.45) is 0. The van der Waals surface area contributed by atoms with Gasteiger partial charge in [-0.05, 0) is 58.4 Å². The second kappa shape index (κ2) is 9.80. The van der Waals surface area contributed by atoms with Crippen LogP contribution in [0.5, 0.6) is 5.75 Å². The standard InChI is InChI=1S/C20H20BrF2N3O3/c21-17-11-15(23)3-6-18(17)29-13-20(28)26-9-7-25(8-10-26)12-19(27)24-16-4-1-14(22)2-5-16/h1-6,11H,7-10,12-13H2,(H,24,27). The van der Waals surface area contributed by atoms with Gasteiger partial charge in [0.15, 0.2) is 6.61 Å². The minimum atomic E-state index is -0.393. The van der Waals surface area contributed by atoms with Gasteiger partial charge in [-0.1, -0.05) is 0 Å². The number of ether oxygens (including phenoxy) is 1. The van der Waals surface area contributed by atoms with E-state index in [-0.39, 0.29) is 30.8 Å². The van der Waals surface area contributed by atoms with Crippen LogP contribution in [0.4, 0.5) is 14.5 Å². The number of halogens is 3. The second-order valence-electron chi connectivity index (χ2n) is 6.58. The number of nitrogens with zero attached hydrogens (tertiary/aromatic N) is 2. The highest BCUT2D eigenvalue weighted by Gasteiger charge is 2.23. The van der Waals surface area contributed by atoms with E-state index in [1.807, 2.05) is 4.90 Å². The quantitative estimate of drug-likeness (QED) is 0.709. The fraction of sp³-hybridized carbons (Fsp3) is 0.300. The van der Waals surface area contributed by atoms with Gasteiger partial charge < -0.3 is 15.0 Å². The van der Waals surface area contributed by atoms with E-state index in [0.29, 0.717) is 42.1 Å². The van der Waals surface area contributed by atoms with Crippen LogP contribution < -0.4 is 10.1 Å². The lowest BCUT2D eigenvalue weighted by Gasteiger charge is -2.34. The molecular formula is C20H20BrF2N3O3. The van der Waals surface area contributed by atoms with E-state index in [9.17, 15) is 18.4 Å². The molecule has 0 bridgehead atoms. The average Bonchev–Trinajstić information content (AvgIpc) is 2.69. The Balaban J connectivity index is 1.40. The SMILES string of the molecule is O=C(CN1CCN(C(=O)COc2ccc(F)cc2Br)CC1)Nc1ccc(F)cc1. The monoisotopic (exact) mass is 467 g/mol. The van der Waals surface area contributed by atoms with Crippen LogP contribution >= 0.6 is 15.9 Å². The van der Waals surface area contributed by atoms with E-state index in [1.165, 1.54) is 42.5 Å². The first kappa shape index (κ1) is 21.2. The Morgan fingerprint density at radius 1 is 1.00 bits per heavy atom. The molecule has 2 aromatic carbocycles. The Labute approximate surface area is 175 Å². The zero-order valence-corrected chi connectivity index (χ0v) is 17.1. The summed E-state index contributed by atoms with van der Waals surface area (Å²) in [5.41, 5.74) is 0.536. The number of rotatable bonds is 6. The molecule has 1 aliphatic heterocycles. The summed E-state index contributed by atoms with van der Waals surface area (Å²) in [5.74, 6) is -0.719. The summed E-state index contributed by atoms with van der Waals surface area (Å²) in [7, 11) is 0. The van der Waals surface area contributed by atoms with Crippen molar-refractivity contribution in [3.05, 3.63) is 58.6 Å². The number of anilines is 1. The third kappa shape index (κ3) is 6.23. The van der Waals surface area contributed by atoms with Crippen LogP contribution in [0.1, 0.15) is 0 Å². The van der Waals surface area contributed by atoms with Gasteiger partial charge in [0.1, 0.15) is 17.4 Å². The summed E-state index contributed by atoms with van der Waals surface area (Å²) in [5, 5.41) is 2.72. The van der Waals surface area contributed by atoms with Crippen molar-refractivity contribution in [1.82, 2.24) is 9.80 Å². The van der Waals surface area contributed by atoms with Crippen molar-refractivity contribution in [2.24, 2.45) is 0 Å². The number of amides is 2. The molecule has 0 aromatic heterocycles. The molecule has 0 unspecified atom stereocenters. The Kier molecular flexibility index (Phi) is 7.16. The summed E-state index contributed by atoms with van der Waals surface area (Å²) in [6, 6.07) is 9.58. The highest BCUT2D eigenvalue weighted by atomic mass is 79.9. The van der Waals surface area contributed by atoms with Gasteiger partial charge in [-0.2, -0.15) is 0 Å². The summed E-state index contributed by atoms with van der Waals surface area (Å²) >= 11 is 3.20. The summed E-state index contributed by atoms with van der Waals surface area (Å²) < 4.78 is 31.9. The van der Waals surface area contributed by atoms with E-state index >= 15 is 0 Å². The summed E-state index contributed by atoms with van der Waals surface area (Å²) in [4.78, 5) is 28.1. The average molecular weight is 468 g/mol. The molecule has 0 atom stereocenters. The fourth-order valence-electron chi connectivity index (χ4n) is 2.92. The molecule has 1 aliphatic rings. The van der Waals surface area contributed by atoms with E-state index in [1.54, 1.807) is 4.90 Å². The number of nitrogens with one attached hydrogen (secondary N) is 1. The van der Waals surface area contributed by atoms with Gasteiger partial charge in [-0.25, -0.2) is 8.78 Å². The molecule has 0 spiro atoms. The topological polar surface area (TPSA) is 61.9 Å². The summed E-state index contributed by atoms with van der Waals surface area (Å²) in [6.45, 7) is 2.13. The number of hydrogen-bond acceptors (Lipinski definition) is 4. The van der Waals surface area contributed by atoms with E-state index in [0.717, 1.165) is 0 Å². The molecule has 1 heterocycles. The predicted octanol–water partition coefficient (Wildman–Crippen LogP) is 2.89. The van der Waals surface area contributed by atoms with E-state index in [4.69, 9.17) is 4.74 Å². The zero-order chi connectivity index (χ0) is 20.8. The molecule has 9 heteroatoms. The van der Waals surface area contributed by atoms with Gasteiger partial charge in [0.2, 0.25) is 5.91 Å². The van der Waals surface area contributed by atoms with Crippen molar-refractivity contribution >= 4 is 33.4 Å². The molecule has 2 amide bonds. The minimum Gasteiger partial charge on any atom is -0.483 e. The van der Waals surface area contributed by atoms with Crippen LogP contribution in [0.15, 0.2) is 46.9 Å². The van der Waals surface area contributed by atoms with Gasteiger partial charge in [-0.15, -0.1) is 0 Å². The van der Waals surface area contributed by atoms with Crippen LogP contribution in [-0.2, 0) is 9.59 Å². The molecule has 0 aliphatic carbocycles. The Bertz CT molecular complexity index is 872. The Morgan fingerprint density at radius 2 is 1.66 bits per heavy atom. The third-order valence-corrected chi connectivity index (χ3v) is 5.08. The van der Waals surface area contributed by atoms with Crippen LogP contribution in [0.25, 0.3) is 0 Å². The number of carbonyl (C=O) groups is 2. The third-order valence-electron chi connectivity index (χ3n) is 4.47. The molecule has 1 N–H and O–H groups in total. The van der Waals surface area contributed by atoms with Crippen molar-refractivity contribution in [2.45, 2.75) is 0 Å². The fourth-order valence-corrected chi connectivity index (χ4v) is 3.38. The lowest BCUT2D eigenvalue weighted by Crippen LogP contribution is -2.51. The predicted molar refractivity (Wildman–Crippen MR) is 108 cm³/mol. The van der Waals surface area contributed by atoms with Crippen molar-refractivity contribution < 1.29 is 23.1 Å². The Hall–Kier alpha value is -2.52. The zero-order valence-electron chi connectivity index (χ0n) is 15.5. The molecule has 1 saturated heterocycles. The Morgan fingerprint density at radius 3 is 2.31 bits per heavy atom. The van der Waals surface area contributed by atoms with Crippen LogP contribution in [0.2, 0.25) is 0 Å². The number of carbonyl (C=O) groups excluding carboxylic acids is 2. The first-order chi connectivity index (χ1) is 13.9. The molecular weight excluding hydrogens is 448 g/mol. The van der Waals surface area contributed by atoms with Gasteiger partial charge in [-0.3, -0.25) is 14.5 Å². The number of hydrogen-bond donors (Lipinski definition) is 1. The highest BCUT2D eigenvalue weighted by Crippen LogP contribution is 2.25. The van der Waals surface area contributed by atoms with Crippen LogP contribution in [0.3, 0.4) is 0 Å². The number of piperazine rings is 1. The van der Waals surface area contributed by atoms with Crippen molar-refractivity contribution in [1.29, 1.82) is 0 Å². The molecule has 0 saturated carbocycles. The number of benzene rings is 2. The molecule has 3 rings (SSSR count). The minimum absolute atomic E-state index is 0.144. The van der Waals surface area contributed by atoms with Crippen molar-refractivity contribution in [3.63, 3.8) is 0 Å². The van der Waals surface area contributed by atoms with Gasteiger partial charge in [0.25, 0.3) is 5.91 Å². The molecule has 154 valence electrons. The van der Waals surface area contributed by atoms with Gasteiger partial charge >= 0.3 is 0 Å². The maximum absolute atomic E-state index is 13.1. The van der Waals surface area contributed by atoms with E-state index < -0.39 is 5.82 Å². The molecule has 0 radical (unpaired) electrons. The maximum Gasteiger partial charge on any atom is 0.260 e. The molecule has 6 nitrogen and oxygen atoms in total. The normalized spacial score (nSPS) is 14.5. The van der Waals surface area contributed by atoms with E-state index in [2.05, 4.69) is 21.2 Å². The smallest absolute Gasteiger partial charge is 0.260 e. The lowest BCUT2D eigenvalue weighted by molar-refractivity contribution is -0.135.